The maximum atomic E-state index is 12.2. The number of ketones is 1. The van der Waals surface area contributed by atoms with E-state index in [-0.39, 0.29) is 75.4 Å². The fourth-order valence-corrected chi connectivity index (χ4v) is 14.1. The number of nitrogens with zero attached hydrogens (tertiary/aromatic N) is 21. The number of piperazine rings is 5. The molecule has 0 radical (unpaired) electrons. The molecule has 131 heavy (non-hydrogen) atoms. The highest BCUT2D eigenvalue weighted by Crippen LogP contribution is 2.25. The normalized spacial score (nSPS) is 15.0. The summed E-state index contributed by atoms with van der Waals surface area (Å²) in [4.78, 5) is 161. The standard InChI is InChI=1S/C19H25BrN6O3.C14H17BrN6O.C14H20N4O4.C14H22N4O2.C9H18N2O2.C5H4Br2N2O.C5H3BrN2O2.C3H4O2/c1-19(2,3)29-18(28)26-9-7-25(8-10-26)15-6-5-13(11-21-15)22-16-17(27)24(4)12-14(20)23-16;1-20-9-11(15)19-13(14(20)22)18-10-2-3-12(17-8-10)21-6-4-16-5-7-21;1-14(2,3)22-13(19)17-8-6-16(7-9-17)12-5-4-11(10-15-12)18(20)21;1-14(2,3)20-13(19)18-8-6-17(7-9-18)12-5-4-11(15)10-16-12;1-9(2,3)13-8(12)11-6-4-10-5-7-11;1-9-2-3(6)8-4(7)5(9)10;6-5-2-1-4(3-7-5)8(9)10;4-3-1-5-2-3/h5-6,11-12H,7-10H2,1-4H3,(H,22,23);2-3,8-9,16H,4-7H2,1H3,(H,18,19);4-5,10H,6-9H2,1-3H3;4-5,10H,6-9,15H2,1-3H3;10H,4-7H2,1-3H3;2H,1H3;1-3H;1-2H2. The average molecular weight is 2150 g/mol. The largest absolute Gasteiger partial charge is 0.444 e. The smallest absolute Gasteiger partial charge is 0.410 e. The van der Waals surface area contributed by atoms with Crippen LogP contribution < -0.4 is 63.3 Å². The number of nitrogen functional groups attached to an aromatic ring is 1. The minimum atomic E-state index is -0.506. The zero-order valence-electron chi connectivity index (χ0n) is 75.7. The zero-order chi connectivity index (χ0) is 96.7. The number of hydrogen-bond donors (Lipinski definition) is 5. The first-order valence-corrected chi connectivity index (χ1v) is 45.3. The molecule has 6 N–H and O–H groups in total. The Balaban J connectivity index is 0.000000212. The summed E-state index contributed by atoms with van der Waals surface area (Å²) < 4.78 is 32.9. The predicted octanol–water partition coefficient (Wildman–Crippen LogP) is 11.1. The molecule has 0 spiro atoms. The van der Waals surface area contributed by atoms with Crippen LogP contribution >= 0.6 is 79.6 Å². The van der Waals surface area contributed by atoms with Crippen molar-refractivity contribution in [1.82, 2.24) is 83.8 Å². The van der Waals surface area contributed by atoms with Crippen molar-refractivity contribution in [2.45, 2.75) is 105 Å². The maximum Gasteiger partial charge on any atom is 0.410 e. The van der Waals surface area contributed by atoms with Gasteiger partial charge in [-0.3, -0.25) is 39.4 Å². The first kappa shape index (κ1) is 107. The van der Waals surface area contributed by atoms with Crippen LogP contribution in [0.4, 0.5) is 82.5 Å². The Hall–Kier alpha value is -11.2. The van der Waals surface area contributed by atoms with Gasteiger partial charge in [0.15, 0.2) is 22.0 Å². The van der Waals surface area contributed by atoms with Crippen molar-refractivity contribution in [3.8, 4) is 0 Å². The Kier molecular flexibility index (Phi) is 41.2. The van der Waals surface area contributed by atoms with Gasteiger partial charge in [0.2, 0.25) is 0 Å². The molecule has 14 heterocycles. The number of carbonyl (C=O) groups excluding carboxylic acids is 5. The van der Waals surface area contributed by atoms with E-state index in [0.717, 1.165) is 88.6 Å². The number of anilines is 9. The molecule has 6 aliphatic rings. The number of aryl methyl sites for hydroxylation is 3. The number of ether oxygens (including phenoxy) is 5. The number of rotatable bonds is 10. The van der Waals surface area contributed by atoms with Gasteiger partial charge in [-0.25, -0.2) is 59.0 Å². The molecule has 4 amide bonds. The second-order valence-corrected chi connectivity index (χ2v) is 37.5. The molecule has 6 aliphatic heterocycles. The number of hydrogen-bond acceptors (Lipinski definition) is 34. The molecule has 712 valence electrons. The van der Waals surface area contributed by atoms with Crippen molar-refractivity contribution in [2.75, 3.05) is 180 Å². The van der Waals surface area contributed by atoms with Gasteiger partial charge in [-0.15, -0.1) is 0 Å². The molecule has 0 atom stereocenters. The van der Waals surface area contributed by atoms with Gasteiger partial charge in [0.1, 0.15) is 89.7 Å². The highest BCUT2D eigenvalue weighted by molar-refractivity contribution is 9.11. The summed E-state index contributed by atoms with van der Waals surface area (Å²) in [6, 6.07) is 17.3. The van der Waals surface area contributed by atoms with Crippen LogP contribution in [-0.4, -0.2) is 280 Å². The molecule has 14 rings (SSSR count). The average Bonchev–Trinajstić information content (AvgIpc) is 0.838. The minimum Gasteiger partial charge on any atom is -0.444 e. The predicted molar refractivity (Wildman–Crippen MR) is 514 cm³/mol. The van der Waals surface area contributed by atoms with Crippen molar-refractivity contribution in [1.29, 1.82) is 0 Å². The van der Waals surface area contributed by atoms with Gasteiger partial charge in [0, 0.05) is 183 Å². The van der Waals surface area contributed by atoms with Crippen LogP contribution in [0.25, 0.3) is 0 Å². The van der Waals surface area contributed by atoms with Crippen LogP contribution in [-0.2, 0) is 49.6 Å². The van der Waals surface area contributed by atoms with Crippen molar-refractivity contribution >= 4 is 173 Å². The summed E-state index contributed by atoms with van der Waals surface area (Å²) in [6.45, 7) is 37.7. The summed E-state index contributed by atoms with van der Waals surface area (Å²) in [6.07, 6.45) is 11.3. The number of aromatic nitrogens is 11. The molecule has 0 bridgehead atoms. The number of pyridine rings is 5. The Morgan fingerprint density at radius 1 is 0.397 bits per heavy atom. The second kappa shape index (κ2) is 50.4. The van der Waals surface area contributed by atoms with Gasteiger partial charge in [-0.1, -0.05) is 0 Å². The molecular formula is C83H113Br5N26O17. The number of amides is 4. The van der Waals surface area contributed by atoms with Gasteiger partial charge in [0.05, 0.1) is 45.5 Å². The Labute approximate surface area is 800 Å². The minimum absolute atomic E-state index is 0.00296. The van der Waals surface area contributed by atoms with Crippen LogP contribution in [0.5, 0.6) is 0 Å². The number of carbonyl (C=O) groups is 5. The quantitative estimate of drug-likeness (QED) is 0.0367. The molecule has 0 saturated carbocycles. The third kappa shape index (κ3) is 37.9. The summed E-state index contributed by atoms with van der Waals surface area (Å²) in [5, 5.41) is 33.2. The van der Waals surface area contributed by atoms with E-state index in [0.29, 0.717) is 119 Å². The Morgan fingerprint density at radius 2 is 0.695 bits per heavy atom. The Morgan fingerprint density at radius 3 is 0.977 bits per heavy atom. The summed E-state index contributed by atoms with van der Waals surface area (Å²) in [5.74, 6) is 4.04. The molecule has 48 heteroatoms. The van der Waals surface area contributed by atoms with E-state index >= 15 is 0 Å². The molecular weight excluding hydrogens is 2030 g/mol. The van der Waals surface area contributed by atoms with Crippen molar-refractivity contribution in [3.05, 3.63) is 185 Å². The van der Waals surface area contributed by atoms with E-state index < -0.39 is 26.6 Å². The van der Waals surface area contributed by atoms with Gasteiger partial charge in [0.25, 0.3) is 28.1 Å². The van der Waals surface area contributed by atoms with E-state index in [1.54, 1.807) is 84.0 Å². The molecule has 0 unspecified atom stereocenters. The Bertz CT molecular complexity index is 5230. The topological polar surface area (TPSA) is 487 Å². The van der Waals surface area contributed by atoms with Crippen LogP contribution in [0.1, 0.15) is 83.1 Å². The molecule has 6 fully saturated rings. The van der Waals surface area contributed by atoms with Crippen molar-refractivity contribution in [2.24, 2.45) is 21.1 Å². The number of nitrogens with one attached hydrogen (secondary N) is 4. The van der Waals surface area contributed by atoms with Crippen LogP contribution in [0.2, 0.25) is 0 Å². The third-order valence-corrected chi connectivity index (χ3v) is 20.4. The fraction of sp³-hybridized carbons (Fsp3) is 0.494. The van der Waals surface area contributed by atoms with E-state index in [9.17, 15) is 58.6 Å². The summed E-state index contributed by atoms with van der Waals surface area (Å²) in [7, 11) is 5.02. The number of nitro groups is 2. The van der Waals surface area contributed by atoms with Crippen LogP contribution in [0, 0.1) is 20.2 Å². The van der Waals surface area contributed by atoms with Crippen LogP contribution in [0.3, 0.4) is 0 Å². The van der Waals surface area contributed by atoms with Crippen molar-refractivity contribution in [3.63, 3.8) is 0 Å². The molecule has 0 aliphatic carbocycles. The highest BCUT2D eigenvalue weighted by atomic mass is 79.9. The number of nitrogens with two attached hydrogens (primary N) is 1. The molecule has 8 aromatic heterocycles. The van der Waals surface area contributed by atoms with Gasteiger partial charge >= 0.3 is 24.4 Å². The lowest BCUT2D eigenvalue weighted by molar-refractivity contribution is -0.385. The lowest BCUT2D eigenvalue weighted by Gasteiger charge is -2.36. The lowest BCUT2D eigenvalue weighted by atomic mass is 10.2. The van der Waals surface area contributed by atoms with Gasteiger partial charge in [-0.05, 0) is 211 Å². The maximum absolute atomic E-state index is 12.2. The molecule has 0 aromatic carbocycles. The first-order valence-electron chi connectivity index (χ1n) is 41.4. The molecule has 43 nitrogen and oxygen atoms in total. The SMILES string of the molecule is CC(C)(C)OC(=O)N1CCN(c2ccc(N)cn2)CC1.CC(C)(C)OC(=O)N1CCN(c2ccc([N+](=O)[O-])cn2)CC1.CC(C)(C)OC(=O)N1CCNCC1.Cn1cc(Br)nc(Br)c1=O.Cn1cc(Br)nc(Nc2ccc(N3CCN(C(=O)OC(C)(C)C)CC3)nc2)c1=O.Cn1cc(Br)nc(Nc2ccc(N3CCNCC3)nc2)c1=O.O=C1COC1.O=[N+]([O-])c1ccc(Br)nc1. The molecule has 8 aromatic rings. The van der Waals surface area contributed by atoms with E-state index in [1.807, 2.05) is 124 Å². The zero-order valence-corrected chi connectivity index (χ0v) is 83.7. The lowest BCUT2D eigenvalue weighted by Crippen LogP contribution is -2.50. The monoisotopic (exact) mass is 2140 g/mol. The summed E-state index contributed by atoms with van der Waals surface area (Å²) >= 11 is 15.8. The number of halogens is 5. The first-order chi connectivity index (χ1) is 61.6. The van der Waals surface area contributed by atoms with Crippen molar-refractivity contribution < 1.29 is 57.5 Å². The van der Waals surface area contributed by atoms with Gasteiger partial charge in [-0.2, -0.15) is 0 Å². The van der Waals surface area contributed by atoms with E-state index in [1.165, 1.54) is 44.3 Å². The van der Waals surface area contributed by atoms with Crippen LogP contribution in [0.15, 0.2) is 148 Å². The molecule has 6 saturated heterocycles. The number of Topliss-reactive ketones (excluding diaryl/α,β-unsaturated/α-hetero) is 1. The van der Waals surface area contributed by atoms with E-state index in [4.69, 9.17) is 24.7 Å². The van der Waals surface area contributed by atoms with E-state index in [2.05, 4.69) is 160 Å². The highest BCUT2D eigenvalue weighted by Gasteiger charge is 2.31. The second-order valence-electron chi connectivity index (χ2n) is 33.5. The summed E-state index contributed by atoms with van der Waals surface area (Å²) in [5.41, 5.74) is 5.27. The fourth-order valence-electron chi connectivity index (χ4n) is 11.7. The third-order valence-electron chi connectivity index (χ3n) is 18.2. The van der Waals surface area contributed by atoms with Gasteiger partial charge < -0.3 is 104 Å².